The van der Waals surface area contributed by atoms with Gasteiger partial charge >= 0.3 is 0 Å². The Morgan fingerprint density at radius 1 is 1.12 bits per heavy atom. The largest absolute Gasteiger partial charge is 0.491 e. The Labute approximate surface area is 199 Å². The van der Waals surface area contributed by atoms with Crippen LogP contribution < -0.4 is 15.2 Å². The van der Waals surface area contributed by atoms with Crippen molar-refractivity contribution in [1.82, 2.24) is 14.9 Å². The molecule has 2 heterocycles. The summed E-state index contributed by atoms with van der Waals surface area (Å²) < 4.78 is 5.45. The summed E-state index contributed by atoms with van der Waals surface area (Å²) in [5, 5.41) is 8.97. The molecule has 8 heteroatoms. The number of hydrogen-bond acceptors (Lipinski definition) is 6. The van der Waals surface area contributed by atoms with Gasteiger partial charge in [-0.05, 0) is 50.2 Å². The summed E-state index contributed by atoms with van der Waals surface area (Å²) in [4.78, 5) is 29.2. The SMILES string of the molecule is [C-]#[N+]c1ccc(-c2nc(N3CCC(N(C)C)CC3)[nH]c(=O)c2-c2ccc(OCCO)cc2)cc1. The van der Waals surface area contributed by atoms with E-state index in [1.807, 2.05) is 24.3 Å². The molecule has 3 aromatic rings. The lowest BCUT2D eigenvalue weighted by Crippen LogP contribution is -2.43. The van der Waals surface area contributed by atoms with Crippen LogP contribution in [0.5, 0.6) is 5.75 Å². The maximum atomic E-state index is 13.4. The summed E-state index contributed by atoms with van der Waals surface area (Å²) in [6.07, 6.45) is 2.01. The number of nitrogens with one attached hydrogen (secondary N) is 1. The summed E-state index contributed by atoms with van der Waals surface area (Å²) >= 11 is 0. The van der Waals surface area contributed by atoms with E-state index in [0.29, 0.717) is 40.2 Å². The average molecular weight is 460 g/mol. The molecular weight excluding hydrogens is 430 g/mol. The maximum Gasteiger partial charge on any atom is 0.260 e. The van der Waals surface area contributed by atoms with Crippen LogP contribution in [0.1, 0.15) is 12.8 Å². The second kappa shape index (κ2) is 10.5. The van der Waals surface area contributed by atoms with Gasteiger partial charge in [0.15, 0.2) is 5.69 Å². The highest BCUT2D eigenvalue weighted by Gasteiger charge is 2.24. The van der Waals surface area contributed by atoms with Crippen molar-refractivity contribution in [3.8, 4) is 28.1 Å². The molecule has 0 spiro atoms. The third kappa shape index (κ3) is 5.11. The number of nitrogens with zero attached hydrogens (tertiary/aromatic N) is 4. The van der Waals surface area contributed by atoms with E-state index < -0.39 is 0 Å². The number of aliphatic hydroxyl groups excluding tert-OH is 1. The number of aromatic nitrogens is 2. The Bertz CT molecular complexity index is 1210. The molecule has 0 bridgehead atoms. The van der Waals surface area contributed by atoms with Crippen LogP contribution in [-0.4, -0.2) is 66.4 Å². The first-order chi connectivity index (χ1) is 16.5. The second-order valence-electron chi connectivity index (χ2n) is 8.55. The highest BCUT2D eigenvalue weighted by atomic mass is 16.5. The summed E-state index contributed by atoms with van der Waals surface area (Å²) in [6, 6.07) is 14.8. The van der Waals surface area contributed by atoms with Crippen molar-refractivity contribution in [2.45, 2.75) is 18.9 Å². The molecule has 0 amide bonds. The van der Waals surface area contributed by atoms with E-state index in [4.69, 9.17) is 21.4 Å². The molecule has 0 radical (unpaired) electrons. The first kappa shape index (κ1) is 23.5. The van der Waals surface area contributed by atoms with E-state index in [2.05, 4.69) is 33.7 Å². The van der Waals surface area contributed by atoms with Crippen molar-refractivity contribution in [2.75, 3.05) is 45.3 Å². The third-order valence-corrected chi connectivity index (χ3v) is 6.17. The molecule has 1 fully saturated rings. The Morgan fingerprint density at radius 3 is 2.35 bits per heavy atom. The zero-order valence-electron chi connectivity index (χ0n) is 19.5. The van der Waals surface area contributed by atoms with Crippen LogP contribution in [0.2, 0.25) is 0 Å². The predicted octanol–water partition coefficient (Wildman–Crippen LogP) is 3.56. The number of H-pyrrole nitrogens is 1. The highest BCUT2D eigenvalue weighted by molar-refractivity contribution is 5.81. The summed E-state index contributed by atoms with van der Waals surface area (Å²) in [6.45, 7) is 9.01. The van der Waals surface area contributed by atoms with E-state index in [9.17, 15) is 4.79 Å². The summed E-state index contributed by atoms with van der Waals surface area (Å²) in [7, 11) is 4.19. The van der Waals surface area contributed by atoms with Crippen LogP contribution in [-0.2, 0) is 0 Å². The number of benzene rings is 2. The molecule has 34 heavy (non-hydrogen) atoms. The fourth-order valence-corrected chi connectivity index (χ4v) is 4.26. The van der Waals surface area contributed by atoms with Gasteiger partial charge in [-0.25, -0.2) is 9.83 Å². The van der Waals surface area contributed by atoms with E-state index >= 15 is 0 Å². The standard InChI is InChI=1S/C26H29N5O3/c1-27-20-8-4-19(5-9-20)24-23(18-6-10-22(11-7-18)34-17-16-32)25(33)29-26(28-24)31-14-12-21(13-15-31)30(2)3/h4-11,21,32H,12-17H2,2-3H3,(H,28,29,33). The Balaban J connectivity index is 1.75. The highest BCUT2D eigenvalue weighted by Crippen LogP contribution is 2.31. The molecule has 2 N–H and O–H groups in total. The molecule has 1 aliphatic rings. The fraction of sp³-hybridized carbons (Fsp3) is 0.346. The topological polar surface area (TPSA) is 86.1 Å². The number of ether oxygens (including phenoxy) is 1. The molecule has 8 nitrogen and oxygen atoms in total. The summed E-state index contributed by atoms with van der Waals surface area (Å²) in [5.41, 5.74) is 2.86. The van der Waals surface area contributed by atoms with Crippen LogP contribution >= 0.6 is 0 Å². The summed E-state index contributed by atoms with van der Waals surface area (Å²) in [5.74, 6) is 1.18. The Kier molecular flexibility index (Phi) is 7.26. The van der Waals surface area contributed by atoms with Gasteiger partial charge in [-0.15, -0.1) is 0 Å². The van der Waals surface area contributed by atoms with Gasteiger partial charge < -0.3 is 19.6 Å². The van der Waals surface area contributed by atoms with E-state index in [-0.39, 0.29) is 18.8 Å². The molecule has 0 unspecified atom stereocenters. The molecule has 0 aliphatic carbocycles. The van der Waals surface area contributed by atoms with Crippen LogP contribution in [0.25, 0.3) is 27.2 Å². The molecule has 0 saturated carbocycles. The molecule has 0 atom stereocenters. The molecule has 1 saturated heterocycles. The lowest BCUT2D eigenvalue weighted by Gasteiger charge is -2.35. The fourth-order valence-electron chi connectivity index (χ4n) is 4.26. The van der Waals surface area contributed by atoms with Crippen molar-refractivity contribution < 1.29 is 9.84 Å². The van der Waals surface area contributed by atoms with E-state index in [1.54, 1.807) is 24.3 Å². The van der Waals surface area contributed by atoms with Crippen molar-refractivity contribution in [2.24, 2.45) is 0 Å². The van der Waals surface area contributed by atoms with Crippen LogP contribution in [0, 0.1) is 6.57 Å². The third-order valence-electron chi connectivity index (χ3n) is 6.17. The lowest BCUT2D eigenvalue weighted by atomic mass is 10.00. The van der Waals surface area contributed by atoms with Crippen LogP contribution in [0.15, 0.2) is 53.3 Å². The van der Waals surface area contributed by atoms with Crippen LogP contribution in [0.3, 0.4) is 0 Å². The number of anilines is 1. The average Bonchev–Trinajstić information content (AvgIpc) is 2.87. The van der Waals surface area contributed by atoms with Crippen molar-refractivity contribution >= 4 is 11.6 Å². The van der Waals surface area contributed by atoms with E-state index in [0.717, 1.165) is 31.5 Å². The number of aromatic amines is 1. The van der Waals surface area contributed by atoms with Crippen molar-refractivity contribution in [3.05, 3.63) is 70.3 Å². The number of hydrogen-bond donors (Lipinski definition) is 2. The second-order valence-corrected chi connectivity index (χ2v) is 8.55. The van der Waals surface area contributed by atoms with Gasteiger partial charge in [-0.1, -0.05) is 36.4 Å². The quantitative estimate of drug-likeness (QED) is 0.526. The smallest absolute Gasteiger partial charge is 0.260 e. The number of aliphatic hydroxyl groups is 1. The zero-order chi connectivity index (χ0) is 24.1. The van der Waals surface area contributed by atoms with Gasteiger partial charge in [-0.2, -0.15) is 0 Å². The van der Waals surface area contributed by atoms with Gasteiger partial charge in [0.2, 0.25) is 5.95 Å². The van der Waals surface area contributed by atoms with Gasteiger partial charge in [0.05, 0.1) is 24.4 Å². The first-order valence-corrected chi connectivity index (χ1v) is 11.4. The van der Waals surface area contributed by atoms with Gasteiger partial charge in [0, 0.05) is 19.1 Å². The van der Waals surface area contributed by atoms with E-state index in [1.165, 1.54) is 0 Å². The van der Waals surface area contributed by atoms with Gasteiger partial charge in [-0.3, -0.25) is 9.78 Å². The van der Waals surface area contributed by atoms with Gasteiger partial charge in [0.25, 0.3) is 5.56 Å². The molecule has 1 aliphatic heterocycles. The Hall–Kier alpha value is -3.67. The zero-order valence-corrected chi connectivity index (χ0v) is 19.5. The molecule has 176 valence electrons. The Morgan fingerprint density at radius 2 is 1.76 bits per heavy atom. The van der Waals surface area contributed by atoms with Gasteiger partial charge in [0.1, 0.15) is 12.4 Å². The number of rotatable bonds is 7. The normalized spacial score (nSPS) is 14.3. The molecule has 1 aromatic heterocycles. The minimum absolute atomic E-state index is 0.0661. The maximum absolute atomic E-state index is 13.4. The molecular formula is C26H29N5O3. The minimum atomic E-state index is -0.215. The first-order valence-electron chi connectivity index (χ1n) is 11.4. The molecule has 2 aromatic carbocycles. The monoisotopic (exact) mass is 459 g/mol. The number of piperidine rings is 1. The van der Waals surface area contributed by atoms with Crippen molar-refractivity contribution in [3.63, 3.8) is 0 Å². The molecule has 4 rings (SSSR count). The minimum Gasteiger partial charge on any atom is -0.491 e. The van der Waals surface area contributed by atoms with Crippen molar-refractivity contribution in [1.29, 1.82) is 0 Å². The predicted molar refractivity (Wildman–Crippen MR) is 133 cm³/mol. The lowest BCUT2D eigenvalue weighted by molar-refractivity contribution is 0.201. The van der Waals surface area contributed by atoms with Crippen LogP contribution in [0.4, 0.5) is 11.6 Å².